The second-order valence-corrected chi connectivity index (χ2v) is 8.12. The Bertz CT molecular complexity index is 1250. The standard InChI is InChI=1S/C23H23N9O/c1-2-20(33)27-16-4-5-18-19(10-16)22(31-7-3-8-31)30-29-21(18)32-9-6-17(14-32)28-23-25-12-15(11-24)13-26-23/h2,4-5,10,12-13,17H,1,3,6-9,14H2,(H,27,33)(H,25,26,28). The molecule has 3 aromatic rings. The van der Waals surface area contributed by atoms with Gasteiger partial charge in [-0.25, -0.2) is 9.97 Å². The number of rotatable bonds is 6. The van der Waals surface area contributed by atoms with Crippen LogP contribution in [0.2, 0.25) is 0 Å². The molecule has 166 valence electrons. The third kappa shape index (κ3) is 4.13. The van der Waals surface area contributed by atoms with Gasteiger partial charge in [0.25, 0.3) is 0 Å². The van der Waals surface area contributed by atoms with E-state index >= 15 is 0 Å². The molecule has 5 rings (SSSR count). The van der Waals surface area contributed by atoms with Crippen molar-refractivity contribution >= 4 is 40.0 Å². The second-order valence-electron chi connectivity index (χ2n) is 8.12. The molecule has 1 unspecified atom stereocenters. The highest BCUT2D eigenvalue weighted by atomic mass is 16.1. The van der Waals surface area contributed by atoms with Crippen molar-refractivity contribution in [3.05, 3.63) is 48.8 Å². The Morgan fingerprint density at radius 2 is 1.88 bits per heavy atom. The summed E-state index contributed by atoms with van der Waals surface area (Å²) in [6.45, 7) is 6.97. The zero-order chi connectivity index (χ0) is 22.8. The van der Waals surface area contributed by atoms with Crippen molar-refractivity contribution in [2.24, 2.45) is 0 Å². The molecule has 0 bridgehead atoms. The molecule has 2 fully saturated rings. The number of carbonyl (C=O) groups excluding carboxylic acids is 1. The van der Waals surface area contributed by atoms with Gasteiger partial charge in [0.05, 0.1) is 18.0 Å². The van der Waals surface area contributed by atoms with Crippen LogP contribution in [-0.2, 0) is 4.79 Å². The van der Waals surface area contributed by atoms with Gasteiger partial charge in [0, 0.05) is 48.7 Å². The molecular weight excluding hydrogens is 418 g/mol. The van der Waals surface area contributed by atoms with Crippen LogP contribution in [0.25, 0.3) is 10.8 Å². The Balaban J connectivity index is 1.41. The molecule has 1 aromatic carbocycles. The molecule has 4 heterocycles. The molecule has 2 aliphatic rings. The van der Waals surface area contributed by atoms with Crippen LogP contribution >= 0.6 is 0 Å². The summed E-state index contributed by atoms with van der Waals surface area (Å²) in [6.07, 6.45) is 6.31. The third-order valence-corrected chi connectivity index (χ3v) is 5.95. The van der Waals surface area contributed by atoms with Crippen molar-refractivity contribution in [1.82, 2.24) is 20.2 Å². The minimum Gasteiger partial charge on any atom is -0.354 e. The van der Waals surface area contributed by atoms with Crippen molar-refractivity contribution in [2.45, 2.75) is 18.9 Å². The van der Waals surface area contributed by atoms with Gasteiger partial charge in [-0.2, -0.15) is 5.26 Å². The fraction of sp³-hybridized carbons (Fsp3) is 0.304. The van der Waals surface area contributed by atoms with E-state index in [0.29, 0.717) is 17.2 Å². The number of nitrogens with zero attached hydrogens (tertiary/aromatic N) is 7. The maximum absolute atomic E-state index is 11.8. The largest absolute Gasteiger partial charge is 0.354 e. The first-order valence-corrected chi connectivity index (χ1v) is 10.9. The number of hydrogen-bond acceptors (Lipinski definition) is 9. The van der Waals surface area contributed by atoms with Crippen LogP contribution in [-0.4, -0.2) is 58.3 Å². The summed E-state index contributed by atoms with van der Waals surface area (Å²) in [5.74, 6) is 1.92. The second kappa shape index (κ2) is 8.70. The van der Waals surface area contributed by atoms with E-state index in [1.165, 1.54) is 18.5 Å². The summed E-state index contributed by atoms with van der Waals surface area (Å²) in [6, 6.07) is 8.00. The lowest BCUT2D eigenvalue weighted by molar-refractivity contribution is -0.111. The summed E-state index contributed by atoms with van der Waals surface area (Å²) in [7, 11) is 0. The van der Waals surface area contributed by atoms with Gasteiger partial charge < -0.3 is 20.4 Å². The molecule has 2 N–H and O–H groups in total. The van der Waals surface area contributed by atoms with Crippen molar-refractivity contribution in [2.75, 3.05) is 46.6 Å². The molecule has 1 amide bonds. The van der Waals surface area contributed by atoms with Crippen LogP contribution in [0.3, 0.4) is 0 Å². The maximum atomic E-state index is 11.8. The molecule has 33 heavy (non-hydrogen) atoms. The van der Waals surface area contributed by atoms with Gasteiger partial charge in [-0.15, -0.1) is 10.2 Å². The highest BCUT2D eigenvalue weighted by Gasteiger charge is 2.28. The summed E-state index contributed by atoms with van der Waals surface area (Å²) in [4.78, 5) is 24.6. The van der Waals surface area contributed by atoms with Gasteiger partial charge in [-0.3, -0.25) is 4.79 Å². The number of aromatic nitrogens is 4. The lowest BCUT2D eigenvalue weighted by Gasteiger charge is -2.33. The number of hydrogen-bond donors (Lipinski definition) is 2. The van der Waals surface area contributed by atoms with Crippen LogP contribution < -0.4 is 20.4 Å². The van der Waals surface area contributed by atoms with Gasteiger partial charge in [0.15, 0.2) is 11.6 Å². The van der Waals surface area contributed by atoms with Crippen LogP contribution in [0.5, 0.6) is 0 Å². The number of benzene rings is 1. The zero-order valence-corrected chi connectivity index (χ0v) is 18.0. The lowest BCUT2D eigenvalue weighted by Crippen LogP contribution is -2.38. The quantitative estimate of drug-likeness (QED) is 0.555. The fourth-order valence-corrected chi connectivity index (χ4v) is 4.11. The van der Waals surface area contributed by atoms with E-state index in [2.05, 4.69) is 47.2 Å². The van der Waals surface area contributed by atoms with Crippen LogP contribution in [0.4, 0.5) is 23.3 Å². The summed E-state index contributed by atoms with van der Waals surface area (Å²) in [5.41, 5.74) is 1.13. The molecule has 2 aromatic heterocycles. The fourth-order valence-electron chi connectivity index (χ4n) is 4.11. The predicted octanol–water partition coefficient (Wildman–Crippen LogP) is 2.32. The summed E-state index contributed by atoms with van der Waals surface area (Å²) < 4.78 is 0. The minimum atomic E-state index is -0.249. The van der Waals surface area contributed by atoms with E-state index in [-0.39, 0.29) is 11.9 Å². The maximum Gasteiger partial charge on any atom is 0.247 e. The zero-order valence-electron chi connectivity index (χ0n) is 18.0. The number of amides is 1. The molecule has 0 aliphatic carbocycles. The average Bonchev–Trinajstić information content (AvgIpc) is 3.26. The molecule has 10 nitrogen and oxygen atoms in total. The number of carbonyl (C=O) groups is 1. The van der Waals surface area contributed by atoms with Crippen LogP contribution in [0.1, 0.15) is 18.4 Å². The predicted molar refractivity (Wildman–Crippen MR) is 126 cm³/mol. The van der Waals surface area contributed by atoms with Crippen molar-refractivity contribution < 1.29 is 4.79 Å². The molecule has 2 saturated heterocycles. The van der Waals surface area contributed by atoms with Crippen molar-refractivity contribution in [1.29, 1.82) is 5.26 Å². The van der Waals surface area contributed by atoms with Gasteiger partial charge in [-0.05, 0) is 37.1 Å². The molecule has 0 radical (unpaired) electrons. The molecular formula is C23H23N9O. The molecule has 1 atom stereocenters. The number of nitrogens with one attached hydrogen (secondary N) is 2. The number of nitriles is 1. The van der Waals surface area contributed by atoms with E-state index < -0.39 is 0 Å². The Labute approximate surface area is 191 Å². The Kier molecular flexibility index (Phi) is 5.44. The SMILES string of the molecule is C=CC(=O)Nc1ccc2c(N3CCC(Nc4ncc(C#N)cn4)C3)nnc(N3CCC3)c2c1. The summed E-state index contributed by atoms with van der Waals surface area (Å²) in [5, 5.41) is 26.2. The van der Waals surface area contributed by atoms with E-state index in [1.807, 2.05) is 24.3 Å². The number of fused-ring (bicyclic) bond motifs is 1. The van der Waals surface area contributed by atoms with Gasteiger partial charge in [-0.1, -0.05) is 6.58 Å². The average molecular weight is 441 g/mol. The third-order valence-electron chi connectivity index (χ3n) is 5.95. The smallest absolute Gasteiger partial charge is 0.247 e. The number of anilines is 4. The molecule has 2 aliphatic heterocycles. The van der Waals surface area contributed by atoms with E-state index in [1.54, 1.807) is 0 Å². The van der Waals surface area contributed by atoms with Gasteiger partial charge in [0.2, 0.25) is 11.9 Å². The van der Waals surface area contributed by atoms with Crippen LogP contribution in [0, 0.1) is 11.3 Å². The highest BCUT2D eigenvalue weighted by Crippen LogP contribution is 2.35. The normalized spacial score (nSPS) is 17.4. The van der Waals surface area contributed by atoms with E-state index in [9.17, 15) is 4.79 Å². The van der Waals surface area contributed by atoms with E-state index in [0.717, 1.165) is 61.4 Å². The van der Waals surface area contributed by atoms with E-state index in [4.69, 9.17) is 5.26 Å². The lowest BCUT2D eigenvalue weighted by atomic mass is 10.1. The Morgan fingerprint density at radius 1 is 1.12 bits per heavy atom. The first-order valence-electron chi connectivity index (χ1n) is 10.9. The first-order chi connectivity index (χ1) is 16.1. The van der Waals surface area contributed by atoms with Crippen molar-refractivity contribution in [3.8, 4) is 6.07 Å². The Morgan fingerprint density at radius 3 is 2.55 bits per heavy atom. The molecule has 0 saturated carbocycles. The van der Waals surface area contributed by atoms with Crippen molar-refractivity contribution in [3.63, 3.8) is 0 Å². The molecule has 0 spiro atoms. The van der Waals surface area contributed by atoms with Gasteiger partial charge in [0.1, 0.15) is 6.07 Å². The topological polar surface area (TPSA) is 123 Å². The minimum absolute atomic E-state index is 0.149. The van der Waals surface area contributed by atoms with Crippen LogP contribution in [0.15, 0.2) is 43.2 Å². The van der Waals surface area contributed by atoms with Gasteiger partial charge >= 0.3 is 0 Å². The summed E-state index contributed by atoms with van der Waals surface area (Å²) >= 11 is 0. The molecule has 10 heteroatoms. The monoisotopic (exact) mass is 441 g/mol. The highest BCUT2D eigenvalue weighted by molar-refractivity contribution is 6.04. The Hall–Kier alpha value is -4.26. The first kappa shape index (κ1) is 20.6.